The summed E-state index contributed by atoms with van der Waals surface area (Å²) < 4.78 is 47.3. The van der Waals surface area contributed by atoms with Gasteiger partial charge in [0, 0.05) is 25.7 Å². The van der Waals surface area contributed by atoms with E-state index in [-0.39, 0.29) is 17.0 Å². The molecule has 10 nitrogen and oxygen atoms in total. The van der Waals surface area contributed by atoms with Gasteiger partial charge in [-0.3, -0.25) is 14.3 Å². The maximum Gasteiger partial charge on any atom is 0.338 e. The van der Waals surface area contributed by atoms with Crippen molar-refractivity contribution in [2.24, 2.45) is 0 Å². The highest BCUT2D eigenvalue weighted by Gasteiger charge is 2.43. The lowest BCUT2D eigenvalue weighted by Gasteiger charge is -2.38. The Morgan fingerprint density at radius 3 is 2.35 bits per heavy atom. The summed E-state index contributed by atoms with van der Waals surface area (Å²) in [7, 11) is -2.92. The molecule has 1 aliphatic rings. The molecule has 3 rings (SSSR count). The summed E-state index contributed by atoms with van der Waals surface area (Å²) in [6.07, 6.45) is -3.63. The average Bonchev–Trinajstić information content (AvgIpc) is 2.76. The normalized spacial score (nSPS) is 23.8. The minimum absolute atomic E-state index is 0.0141. The standard InChI is InChI=1S/C20H21NO9S/c1-13-19(29-20(22)14-6-4-3-5-7-14)17(12-18(27-2)28-13)30-31(25,26)16-10-8-15(9-11-16)21(23)24/h3-11,13,17-19H,12H2,1-2H3/t13-,17+,18+,19+/m0/s1. The lowest BCUT2D eigenvalue weighted by atomic mass is 10.0. The zero-order valence-electron chi connectivity index (χ0n) is 16.7. The van der Waals surface area contributed by atoms with Crippen LogP contribution in [-0.2, 0) is 28.5 Å². The molecule has 0 N–H and O–H groups in total. The van der Waals surface area contributed by atoms with E-state index in [1.807, 2.05) is 0 Å². The number of ether oxygens (including phenoxy) is 3. The van der Waals surface area contributed by atoms with Crippen LogP contribution in [-0.4, -0.2) is 51.0 Å². The van der Waals surface area contributed by atoms with E-state index in [4.69, 9.17) is 18.4 Å². The van der Waals surface area contributed by atoms with Crippen LogP contribution in [0.25, 0.3) is 0 Å². The Balaban J connectivity index is 1.83. The van der Waals surface area contributed by atoms with Crippen molar-refractivity contribution in [2.45, 2.75) is 42.8 Å². The topological polar surface area (TPSA) is 131 Å². The maximum atomic E-state index is 12.8. The molecule has 0 spiro atoms. The molecule has 0 unspecified atom stereocenters. The molecular weight excluding hydrogens is 430 g/mol. The van der Waals surface area contributed by atoms with Gasteiger partial charge in [0.2, 0.25) is 0 Å². The van der Waals surface area contributed by atoms with Gasteiger partial charge in [-0.05, 0) is 31.2 Å². The van der Waals surface area contributed by atoms with Crippen molar-refractivity contribution < 1.29 is 36.5 Å². The number of nitrogens with zero attached hydrogens (tertiary/aromatic N) is 1. The van der Waals surface area contributed by atoms with Crippen LogP contribution in [0.1, 0.15) is 23.7 Å². The largest absolute Gasteiger partial charge is 0.453 e. The second-order valence-electron chi connectivity index (χ2n) is 6.82. The quantitative estimate of drug-likeness (QED) is 0.270. The Kier molecular flexibility index (Phi) is 7.01. The van der Waals surface area contributed by atoms with E-state index in [9.17, 15) is 23.3 Å². The molecule has 1 saturated heterocycles. The van der Waals surface area contributed by atoms with Gasteiger partial charge < -0.3 is 14.2 Å². The van der Waals surface area contributed by atoms with Crippen molar-refractivity contribution in [3.63, 3.8) is 0 Å². The van der Waals surface area contributed by atoms with Gasteiger partial charge in [0.05, 0.1) is 21.5 Å². The fourth-order valence-electron chi connectivity index (χ4n) is 3.13. The monoisotopic (exact) mass is 451 g/mol. The van der Waals surface area contributed by atoms with Gasteiger partial charge in [-0.2, -0.15) is 8.42 Å². The second kappa shape index (κ2) is 9.52. The van der Waals surface area contributed by atoms with Crippen LogP contribution in [0.4, 0.5) is 5.69 Å². The minimum Gasteiger partial charge on any atom is -0.453 e. The van der Waals surface area contributed by atoms with E-state index >= 15 is 0 Å². The van der Waals surface area contributed by atoms with Gasteiger partial charge in [0.25, 0.3) is 15.8 Å². The molecule has 1 fully saturated rings. The number of hydrogen-bond donors (Lipinski definition) is 0. The maximum absolute atomic E-state index is 12.8. The lowest BCUT2D eigenvalue weighted by Crippen LogP contribution is -2.51. The predicted molar refractivity (Wildman–Crippen MR) is 107 cm³/mol. The number of rotatable bonds is 7. The van der Waals surface area contributed by atoms with Crippen molar-refractivity contribution in [3.05, 3.63) is 70.3 Å². The van der Waals surface area contributed by atoms with Crippen LogP contribution in [0.15, 0.2) is 59.5 Å². The summed E-state index contributed by atoms with van der Waals surface area (Å²) in [5.74, 6) is -0.654. The molecule has 11 heteroatoms. The molecule has 1 aliphatic heterocycles. The van der Waals surface area contributed by atoms with Gasteiger partial charge >= 0.3 is 5.97 Å². The molecule has 31 heavy (non-hydrogen) atoms. The second-order valence-corrected chi connectivity index (χ2v) is 8.39. The van der Waals surface area contributed by atoms with Crippen LogP contribution < -0.4 is 0 Å². The van der Waals surface area contributed by atoms with Gasteiger partial charge in [-0.1, -0.05) is 18.2 Å². The van der Waals surface area contributed by atoms with E-state index < -0.39 is 45.6 Å². The first-order valence-corrected chi connectivity index (χ1v) is 10.7. The molecule has 0 aliphatic carbocycles. The number of esters is 1. The van der Waals surface area contributed by atoms with Gasteiger partial charge in [-0.15, -0.1) is 0 Å². The lowest BCUT2D eigenvalue weighted by molar-refractivity contribution is -0.384. The van der Waals surface area contributed by atoms with Crippen molar-refractivity contribution in [1.29, 1.82) is 0 Å². The molecule has 4 atom stereocenters. The third-order valence-corrected chi connectivity index (χ3v) is 6.07. The van der Waals surface area contributed by atoms with E-state index in [0.717, 1.165) is 24.3 Å². The smallest absolute Gasteiger partial charge is 0.338 e. The Morgan fingerprint density at radius 1 is 1.13 bits per heavy atom. The van der Waals surface area contributed by atoms with Gasteiger partial charge in [0.15, 0.2) is 12.4 Å². The highest BCUT2D eigenvalue weighted by Crippen LogP contribution is 2.29. The number of carbonyl (C=O) groups is 1. The zero-order valence-corrected chi connectivity index (χ0v) is 17.6. The summed E-state index contributed by atoms with van der Waals surface area (Å²) in [5, 5.41) is 10.8. The summed E-state index contributed by atoms with van der Waals surface area (Å²) in [6, 6.07) is 12.5. The first-order valence-electron chi connectivity index (χ1n) is 9.33. The molecule has 2 aromatic rings. The Labute approximate surface area is 179 Å². The predicted octanol–water partition coefficient (Wildman–Crippen LogP) is 2.68. The Hall–Kier alpha value is -2.86. The van der Waals surface area contributed by atoms with Gasteiger partial charge in [-0.25, -0.2) is 4.79 Å². The van der Waals surface area contributed by atoms with Crippen molar-refractivity contribution >= 4 is 21.8 Å². The molecule has 0 bridgehead atoms. The molecule has 0 saturated carbocycles. The van der Waals surface area contributed by atoms with Crippen LogP contribution in [0.2, 0.25) is 0 Å². The van der Waals surface area contributed by atoms with E-state index in [1.54, 1.807) is 37.3 Å². The molecule has 166 valence electrons. The third kappa shape index (κ3) is 5.44. The minimum atomic E-state index is -4.32. The number of nitro groups is 1. The van der Waals surface area contributed by atoms with Crippen LogP contribution in [0.5, 0.6) is 0 Å². The Bertz CT molecular complexity index is 1020. The van der Waals surface area contributed by atoms with Crippen molar-refractivity contribution in [1.82, 2.24) is 0 Å². The summed E-state index contributed by atoms with van der Waals surface area (Å²) in [5.41, 5.74) is 0.0355. The van der Waals surface area contributed by atoms with Crippen LogP contribution in [0, 0.1) is 10.1 Å². The van der Waals surface area contributed by atoms with E-state index in [0.29, 0.717) is 5.56 Å². The van der Waals surface area contributed by atoms with Crippen LogP contribution >= 0.6 is 0 Å². The molecule has 0 aromatic heterocycles. The fraction of sp³-hybridized carbons (Fsp3) is 0.350. The SMILES string of the molecule is CO[C@H]1C[C@@H](OS(=O)(=O)c2ccc([N+](=O)[O-])cc2)[C@H](OC(=O)c2ccccc2)[C@H](C)O1. The first-order chi connectivity index (χ1) is 14.7. The van der Waals surface area contributed by atoms with Crippen LogP contribution in [0.3, 0.4) is 0 Å². The first kappa shape index (κ1) is 22.8. The molecular formula is C20H21NO9S. The highest BCUT2D eigenvalue weighted by atomic mass is 32.2. The number of benzene rings is 2. The number of non-ortho nitro benzene ring substituents is 1. The average molecular weight is 451 g/mol. The number of carbonyl (C=O) groups excluding carboxylic acids is 1. The zero-order chi connectivity index (χ0) is 22.6. The van der Waals surface area contributed by atoms with Gasteiger partial charge in [0.1, 0.15) is 6.10 Å². The van der Waals surface area contributed by atoms with Crippen molar-refractivity contribution in [2.75, 3.05) is 7.11 Å². The highest BCUT2D eigenvalue weighted by molar-refractivity contribution is 7.86. The number of hydrogen-bond acceptors (Lipinski definition) is 9. The van der Waals surface area contributed by atoms with E-state index in [1.165, 1.54) is 7.11 Å². The summed E-state index contributed by atoms with van der Waals surface area (Å²) in [4.78, 5) is 22.4. The molecule has 0 amide bonds. The number of nitro benzene ring substituents is 1. The number of methoxy groups -OCH3 is 1. The van der Waals surface area contributed by atoms with E-state index in [2.05, 4.69) is 0 Å². The fourth-order valence-corrected chi connectivity index (χ4v) is 4.23. The third-order valence-electron chi connectivity index (χ3n) is 4.72. The molecule has 2 aromatic carbocycles. The molecule has 1 heterocycles. The summed E-state index contributed by atoms with van der Waals surface area (Å²) in [6.45, 7) is 1.61. The summed E-state index contributed by atoms with van der Waals surface area (Å²) >= 11 is 0. The van der Waals surface area contributed by atoms with Crippen molar-refractivity contribution in [3.8, 4) is 0 Å². The molecule has 0 radical (unpaired) electrons. The Morgan fingerprint density at radius 2 is 1.77 bits per heavy atom.